The molecule has 0 aliphatic rings. The third-order valence-electron chi connectivity index (χ3n) is 2.89. The van der Waals surface area contributed by atoms with E-state index in [4.69, 9.17) is 11.6 Å². The Morgan fingerprint density at radius 3 is 2.35 bits per heavy atom. The number of hydrogen-bond donors (Lipinski definition) is 2. The molecule has 0 aliphatic carbocycles. The SMILES string of the molecule is CSc1ccc(Cl)cc1NS(=O)(=O)c1ccc(NC(C)=O)cc1. The maximum atomic E-state index is 12.5. The highest BCUT2D eigenvalue weighted by molar-refractivity contribution is 7.99. The van der Waals surface area contributed by atoms with Gasteiger partial charge in [-0.3, -0.25) is 9.52 Å². The van der Waals surface area contributed by atoms with Crippen LogP contribution in [0.15, 0.2) is 52.3 Å². The fourth-order valence-corrected chi connectivity index (χ4v) is 3.73. The molecule has 0 atom stereocenters. The summed E-state index contributed by atoms with van der Waals surface area (Å²) in [5.41, 5.74) is 0.958. The standard InChI is InChI=1S/C15H15ClN2O3S2/c1-10(19)17-12-4-6-13(7-5-12)23(20,21)18-14-9-11(16)3-8-15(14)22-2/h3-9,18H,1-2H3,(H,17,19). The van der Waals surface area contributed by atoms with Crippen molar-refractivity contribution in [3.8, 4) is 0 Å². The third-order valence-corrected chi connectivity index (χ3v) is 5.30. The van der Waals surface area contributed by atoms with Crippen molar-refractivity contribution < 1.29 is 13.2 Å². The van der Waals surface area contributed by atoms with E-state index in [1.54, 1.807) is 18.2 Å². The van der Waals surface area contributed by atoms with Crippen LogP contribution in [-0.2, 0) is 14.8 Å². The molecule has 2 aromatic carbocycles. The molecule has 0 heterocycles. The number of carbonyl (C=O) groups excluding carboxylic acids is 1. The first-order chi connectivity index (χ1) is 10.8. The average molecular weight is 371 g/mol. The Hall–Kier alpha value is -1.70. The number of thioether (sulfide) groups is 1. The highest BCUT2D eigenvalue weighted by Crippen LogP contribution is 2.30. The van der Waals surface area contributed by atoms with E-state index in [0.717, 1.165) is 4.90 Å². The molecule has 0 bridgehead atoms. The van der Waals surface area contributed by atoms with Gasteiger partial charge in [-0.1, -0.05) is 11.6 Å². The summed E-state index contributed by atoms with van der Waals surface area (Å²) < 4.78 is 27.5. The minimum atomic E-state index is -3.74. The van der Waals surface area contributed by atoms with Gasteiger partial charge in [-0.05, 0) is 48.7 Å². The molecule has 8 heteroatoms. The molecule has 122 valence electrons. The number of anilines is 2. The summed E-state index contributed by atoms with van der Waals surface area (Å²) >= 11 is 7.35. The van der Waals surface area contributed by atoms with Crippen LogP contribution in [0.2, 0.25) is 5.02 Å². The molecule has 1 amide bonds. The van der Waals surface area contributed by atoms with Crippen LogP contribution < -0.4 is 10.0 Å². The molecule has 5 nitrogen and oxygen atoms in total. The first-order valence-electron chi connectivity index (χ1n) is 6.56. The number of carbonyl (C=O) groups is 1. The molecule has 0 saturated heterocycles. The summed E-state index contributed by atoms with van der Waals surface area (Å²) in [7, 11) is -3.74. The molecule has 0 aromatic heterocycles. The van der Waals surface area contributed by atoms with Crippen molar-refractivity contribution in [1.82, 2.24) is 0 Å². The van der Waals surface area contributed by atoms with Crippen LogP contribution in [0.4, 0.5) is 11.4 Å². The quantitative estimate of drug-likeness (QED) is 0.784. The van der Waals surface area contributed by atoms with E-state index in [1.807, 2.05) is 6.26 Å². The molecule has 2 rings (SSSR count). The van der Waals surface area contributed by atoms with Crippen LogP contribution in [0.3, 0.4) is 0 Å². The van der Waals surface area contributed by atoms with E-state index in [2.05, 4.69) is 10.0 Å². The number of hydrogen-bond acceptors (Lipinski definition) is 4. The summed E-state index contributed by atoms with van der Waals surface area (Å²) in [5, 5.41) is 3.03. The van der Waals surface area contributed by atoms with Crippen LogP contribution in [0.1, 0.15) is 6.92 Å². The lowest BCUT2D eigenvalue weighted by atomic mass is 10.3. The largest absolute Gasteiger partial charge is 0.326 e. The van der Waals surface area contributed by atoms with E-state index < -0.39 is 10.0 Å². The van der Waals surface area contributed by atoms with Crippen molar-refractivity contribution in [2.24, 2.45) is 0 Å². The van der Waals surface area contributed by atoms with Crippen molar-refractivity contribution >= 4 is 50.7 Å². The van der Waals surface area contributed by atoms with Gasteiger partial charge in [0.05, 0.1) is 10.6 Å². The number of benzene rings is 2. The van der Waals surface area contributed by atoms with Gasteiger partial charge < -0.3 is 5.32 Å². The Labute approximate surface area is 144 Å². The van der Waals surface area contributed by atoms with Gasteiger partial charge in [0.1, 0.15) is 0 Å². The van der Waals surface area contributed by atoms with Crippen molar-refractivity contribution in [1.29, 1.82) is 0 Å². The molecule has 0 fully saturated rings. The Balaban J connectivity index is 2.28. The first kappa shape index (κ1) is 17.7. The Morgan fingerprint density at radius 2 is 1.78 bits per heavy atom. The minimum Gasteiger partial charge on any atom is -0.326 e. The third kappa shape index (κ3) is 4.63. The van der Waals surface area contributed by atoms with Crippen molar-refractivity contribution in [3.05, 3.63) is 47.5 Å². The maximum absolute atomic E-state index is 12.5. The fraction of sp³-hybridized carbons (Fsp3) is 0.133. The molecule has 0 unspecified atom stereocenters. The number of sulfonamides is 1. The molecule has 0 radical (unpaired) electrons. The summed E-state index contributed by atoms with van der Waals surface area (Å²) in [6, 6.07) is 10.9. The Kier molecular flexibility index (Phi) is 5.56. The topological polar surface area (TPSA) is 75.3 Å². The van der Waals surface area contributed by atoms with E-state index in [-0.39, 0.29) is 10.8 Å². The lowest BCUT2D eigenvalue weighted by Crippen LogP contribution is -2.14. The lowest BCUT2D eigenvalue weighted by Gasteiger charge is -2.12. The van der Waals surface area contributed by atoms with E-state index >= 15 is 0 Å². The highest BCUT2D eigenvalue weighted by Gasteiger charge is 2.16. The monoisotopic (exact) mass is 370 g/mol. The van der Waals surface area contributed by atoms with Gasteiger partial charge in [-0.15, -0.1) is 11.8 Å². The molecular weight excluding hydrogens is 356 g/mol. The molecule has 0 saturated carbocycles. The lowest BCUT2D eigenvalue weighted by molar-refractivity contribution is -0.114. The Morgan fingerprint density at radius 1 is 1.13 bits per heavy atom. The molecule has 2 N–H and O–H groups in total. The molecule has 23 heavy (non-hydrogen) atoms. The van der Waals surface area contributed by atoms with Gasteiger partial charge in [-0.25, -0.2) is 8.42 Å². The van der Waals surface area contributed by atoms with Gasteiger partial charge in [0.15, 0.2) is 0 Å². The number of halogens is 1. The summed E-state index contributed by atoms with van der Waals surface area (Å²) in [6.07, 6.45) is 1.85. The predicted octanol–water partition coefficient (Wildman–Crippen LogP) is 3.82. The number of nitrogens with one attached hydrogen (secondary N) is 2. The smallest absolute Gasteiger partial charge is 0.261 e. The van der Waals surface area contributed by atoms with Crippen LogP contribution in [0.5, 0.6) is 0 Å². The second-order valence-electron chi connectivity index (χ2n) is 4.66. The zero-order valence-electron chi connectivity index (χ0n) is 12.5. The highest BCUT2D eigenvalue weighted by atomic mass is 35.5. The molecule has 0 spiro atoms. The first-order valence-corrected chi connectivity index (χ1v) is 9.64. The van der Waals surface area contributed by atoms with E-state index in [0.29, 0.717) is 16.4 Å². The van der Waals surface area contributed by atoms with Crippen LogP contribution in [-0.4, -0.2) is 20.6 Å². The van der Waals surface area contributed by atoms with Crippen molar-refractivity contribution in [2.45, 2.75) is 16.7 Å². The normalized spacial score (nSPS) is 11.1. The number of rotatable bonds is 5. The van der Waals surface area contributed by atoms with Crippen LogP contribution >= 0.6 is 23.4 Å². The van der Waals surface area contributed by atoms with Crippen molar-refractivity contribution in [2.75, 3.05) is 16.3 Å². The summed E-state index contributed by atoms with van der Waals surface area (Å²) in [6.45, 7) is 1.38. The number of amides is 1. The summed E-state index contributed by atoms with van der Waals surface area (Å²) in [4.78, 5) is 11.8. The van der Waals surface area contributed by atoms with Gasteiger partial charge in [0.2, 0.25) is 5.91 Å². The second kappa shape index (κ2) is 7.25. The fourth-order valence-electron chi connectivity index (χ4n) is 1.88. The minimum absolute atomic E-state index is 0.0960. The van der Waals surface area contributed by atoms with Gasteiger partial charge in [0, 0.05) is 22.5 Å². The van der Waals surface area contributed by atoms with E-state index in [9.17, 15) is 13.2 Å². The zero-order valence-corrected chi connectivity index (χ0v) is 14.8. The summed E-state index contributed by atoms with van der Waals surface area (Å²) in [5.74, 6) is -0.220. The molecule has 0 aliphatic heterocycles. The van der Waals surface area contributed by atoms with Gasteiger partial charge in [0.25, 0.3) is 10.0 Å². The van der Waals surface area contributed by atoms with E-state index in [1.165, 1.54) is 43.0 Å². The van der Waals surface area contributed by atoms with Crippen molar-refractivity contribution in [3.63, 3.8) is 0 Å². The zero-order chi connectivity index (χ0) is 17.0. The molecule has 2 aromatic rings. The average Bonchev–Trinajstić information content (AvgIpc) is 2.47. The van der Waals surface area contributed by atoms with Crippen LogP contribution in [0, 0.1) is 0 Å². The second-order valence-corrected chi connectivity index (χ2v) is 7.62. The van der Waals surface area contributed by atoms with Crippen LogP contribution in [0.25, 0.3) is 0 Å². The van der Waals surface area contributed by atoms with Gasteiger partial charge in [-0.2, -0.15) is 0 Å². The molecular formula is C15H15ClN2O3S2. The predicted molar refractivity (Wildman–Crippen MR) is 94.8 cm³/mol. The maximum Gasteiger partial charge on any atom is 0.261 e. The van der Waals surface area contributed by atoms with Gasteiger partial charge >= 0.3 is 0 Å². The Bertz CT molecular complexity index is 821.